The molecule has 1 fully saturated rings. The van der Waals surface area contributed by atoms with Crippen molar-refractivity contribution in [2.45, 2.75) is 19.5 Å². The number of carboxylic acids is 1. The first-order valence-electron chi connectivity index (χ1n) is 5.78. The summed E-state index contributed by atoms with van der Waals surface area (Å²) in [6.07, 6.45) is 1.42. The second kappa shape index (κ2) is 4.85. The number of aromatic nitrogens is 2. The predicted octanol–water partition coefficient (Wildman–Crippen LogP) is -0.0880. The highest BCUT2D eigenvalue weighted by atomic mass is 16.4. The van der Waals surface area contributed by atoms with E-state index in [4.69, 9.17) is 5.11 Å². The molecule has 0 bridgehead atoms. The van der Waals surface area contributed by atoms with Crippen LogP contribution >= 0.6 is 0 Å². The molecule has 1 aromatic heterocycles. The minimum Gasteiger partial charge on any atom is -0.478 e. The van der Waals surface area contributed by atoms with Crippen LogP contribution in [0, 0.1) is 0 Å². The maximum absolute atomic E-state index is 11.1. The average Bonchev–Trinajstić information content (AvgIpc) is 2.61. The zero-order chi connectivity index (χ0) is 12.4. The smallest absolute Gasteiger partial charge is 0.339 e. The quantitative estimate of drug-likeness (QED) is 0.770. The first-order chi connectivity index (χ1) is 8.08. The van der Waals surface area contributed by atoms with E-state index < -0.39 is 5.97 Å². The second-order valence-electron chi connectivity index (χ2n) is 4.52. The zero-order valence-electron chi connectivity index (χ0n) is 10.2. The van der Waals surface area contributed by atoms with Crippen LogP contribution in [-0.4, -0.2) is 51.4 Å². The molecule has 1 aliphatic heterocycles. The van der Waals surface area contributed by atoms with Crippen molar-refractivity contribution in [2.24, 2.45) is 7.05 Å². The lowest BCUT2D eigenvalue weighted by Crippen LogP contribution is -2.48. The van der Waals surface area contributed by atoms with E-state index in [1.807, 2.05) is 0 Å². The van der Waals surface area contributed by atoms with Gasteiger partial charge in [-0.2, -0.15) is 5.10 Å². The van der Waals surface area contributed by atoms with Gasteiger partial charge in [0.05, 0.1) is 11.9 Å². The maximum atomic E-state index is 11.1. The van der Waals surface area contributed by atoms with Crippen molar-refractivity contribution in [2.75, 3.05) is 19.6 Å². The maximum Gasteiger partial charge on any atom is 0.339 e. The Morgan fingerprint density at radius 3 is 3.12 bits per heavy atom. The highest BCUT2D eigenvalue weighted by Crippen LogP contribution is 2.12. The summed E-state index contributed by atoms with van der Waals surface area (Å²) in [7, 11) is 1.79. The molecule has 0 aliphatic carbocycles. The van der Waals surface area contributed by atoms with Crippen LogP contribution in [0.1, 0.15) is 23.0 Å². The number of rotatable bonds is 3. The molecule has 0 amide bonds. The largest absolute Gasteiger partial charge is 0.478 e. The topological polar surface area (TPSA) is 70.4 Å². The molecule has 1 saturated heterocycles. The van der Waals surface area contributed by atoms with Crippen molar-refractivity contribution in [3.8, 4) is 0 Å². The minimum absolute atomic E-state index is 0.304. The molecule has 94 valence electrons. The molecule has 2 N–H and O–H groups in total. The molecular weight excluding hydrogens is 220 g/mol. The molecule has 2 heterocycles. The van der Waals surface area contributed by atoms with E-state index in [2.05, 4.69) is 22.2 Å². The molecule has 0 saturated carbocycles. The lowest BCUT2D eigenvalue weighted by atomic mass is 10.2. The Hall–Kier alpha value is -1.40. The van der Waals surface area contributed by atoms with E-state index >= 15 is 0 Å². The van der Waals surface area contributed by atoms with Crippen LogP contribution < -0.4 is 5.32 Å². The van der Waals surface area contributed by atoms with Gasteiger partial charge in [0.1, 0.15) is 5.56 Å². The summed E-state index contributed by atoms with van der Waals surface area (Å²) in [5, 5.41) is 16.5. The lowest BCUT2D eigenvalue weighted by molar-refractivity contribution is 0.0693. The molecule has 2 rings (SSSR count). The fourth-order valence-corrected chi connectivity index (χ4v) is 2.20. The van der Waals surface area contributed by atoms with E-state index in [1.165, 1.54) is 6.20 Å². The molecule has 0 unspecified atom stereocenters. The Bertz CT molecular complexity index is 416. The molecule has 1 aromatic rings. The van der Waals surface area contributed by atoms with Crippen LogP contribution in [-0.2, 0) is 13.6 Å². The number of hydrogen-bond donors (Lipinski definition) is 2. The molecular formula is C11H18N4O2. The number of carbonyl (C=O) groups is 1. The summed E-state index contributed by atoms with van der Waals surface area (Å²) < 4.78 is 1.65. The standard InChI is InChI=1S/C11H18N4O2/c1-8-6-15(4-3-12-8)7-10-9(11(16)17)5-13-14(10)2/h5,8,12H,3-4,6-7H2,1-2H3,(H,16,17)/t8-/m1/s1. The highest BCUT2D eigenvalue weighted by Gasteiger charge is 2.21. The number of piperazine rings is 1. The number of aromatic carboxylic acids is 1. The van der Waals surface area contributed by atoms with Crippen LogP contribution in [0.25, 0.3) is 0 Å². The zero-order valence-corrected chi connectivity index (χ0v) is 10.2. The van der Waals surface area contributed by atoms with Gasteiger partial charge in [-0.25, -0.2) is 4.79 Å². The van der Waals surface area contributed by atoms with E-state index in [-0.39, 0.29) is 0 Å². The van der Waals surface area contributed by atoms with Gasteiger partial charge in [-0.1, -0.05) is 0 Å². The Kier molecular flexibility index (Phi) is 3.44. The Morgan fingerprint density at radius 1 is 1.71 bits per heavy atom. The van der Waals surface area contributed by atoms with E-state index in [9.17, 15) is 4.79 Å². The predicted molar refractivity (Wildman–Crippen MR) is 62.9 cm³/mol. The molecule has 0 radical (unpaired) electrons. The number of hydrogen-bond acceptors (Lipinski definition) is 4. The third-order valence-corrected chi connectivity index (χ3v) is 3.12. The van der Waals surface area contributed by atoms with Gasteiger partial charge in [-0.3, -0.25) is 9.58 Å². The van der Waals surface area contributed by atoms with Crippen molar-refractivity contribution in [1.82, 2.24) is 20.0 Å². The second-order valence-corrected chi connectivity index (χ2v) is 4.52. The normalized spacial score (nSPS) is 21.6. The molecule has 6 heteroatoms. The molecule has 0 spiro atoms. The van der Waals surface area contributed by atoms with Gasteiger partial charge in [-0.05, 0) is 6.92 Å². The lowest BCUT2D eigenvalue weighted by Gasteiger charge is -2.31. The van der Waals surface area contributed by atoms with Crippen molar-refractivity contribution >= 4 is 5.97 Å². The summed E-state index contributed by atoms with van der Waals surface area (Å²) in [6, 6.07) is 0.449. The fourth-order valence-electron chi connectivity index (χ4n) is 2.20. The number of nitrogens with one attached hydrogen (secondary N) is 1. The van der Waals surface area contributed by atoms with Crippen molar-refractivity contribution in [1.29, 1.82) is 0 Å². The van der Waals surface area contributed by atoms with Gasteiger partial charge >= 0.3 is 5.97 Å². The summed E-state index contributed by atoms with van der Waals surface area (Å²) in [6.45, 7) is 5.60. The van der Waals surface area contributed by atoms with E-state index in [1.54, 1.807) is 11.7 Å². The van der Waals surface area contributed by atoms with Gasteiger partial charge in [0.2, 0.25) is 0 Å². The molecule has 6 nitrogen and oxygen atoms in total. The van der Waals surface area contributed by atoms with Gasteiger partial charge in [0.25, 0.3) is 0 Å². The third kappa shape index (κ3) is 2.65. The summed E-state index contributed by atoms with van der Waals surface area (Å²) >= 11 is 0. The van der Waals surface area contributed by atoms with Crippen LogP contribution in [0.15, 0.2) is 6.20 Å². The summed E-state index contributed by atoms with van der Waals surface area (Å²) in [5.41, 5.74) is 1.07. The Morgan fingerprint density at radius 2 is 2.47 bits per heavy atom. The SMILES string of the molecule is C[C@@H]1CN(Cc2c(C(=O)O)cnn2C)CCN1. The molecule has 17 heavy (non-hydrogen) atoms. The first-order valence-corrected chi connectivity index (χ1v) is 5.78. The van der Waals surface area contributed by atoms with Crippen LogP contribution in [0.4, 0.5) is 0 Å². The van der Waals surface area contributed by atoms with Crippen molar-refractivity contribution in [3.05, 3.63) is 17.5 Å². The van der Waals surface area contributed by atoms with Crippen LogP contribution in [0.3, 0.4) is 0 Å². The Balaban J connectivity index is 2.12. The number of aryl methyl sites for hydroxylation is 1. The Labute approximate surface area is 100 Å². The third-order valence-electron chi connectivity index (χ3n) is 3.12. The van der Waals surface area contributed by atoms with Gasteiger partial charge in [0, 0.05) is 39.3 Å². The number of carboxylic acid groups (broad SMARTS) is 1. The summed E-state index contributed by atoms with van der Waals surface area (Å²) in [5.74, 6) is -0.906. The van der Waals surface area contributed by atoms with Crippen molar-refractivity contribution < 1.29 is 9.90 Å². The fraction of sp³-hybridized carbons (Fsp3) is 0.636. The van der Waals surface area contributed by atoms with E-state index in [0.29, 0.717) is 18.2 Å². The molecule has 0 aromatic carbocycles. The van der Waals surface area contributed by atoms with Crippen LogP contribution in [0.2, 0.25) is 0 Å². The van der Waals surface area contributed by atoms with Gasteiger partial charge in [-0.15, -0.1) is 0 Å². The molecule has 1 atom stereocenters. The van der Waals surface area contributed by atoms with Crippen molar-refractivity contribution in [3.63, 3.8) is 0 Å². The average molecular weight is 238 g/mol. The van der Waals surface area contributed by atoms with Gasteiger partial charge in [0.15, 0.2) is 0 Å². The van der Waals surface area contributed by atoms with Gasteiger partial charge < -0.3 is 10.4 Å². The monoisotopic (exact) mass is 238 g/mol. The minimum atomic E-state index is -0.906. The summed E-state index contributed by atoms with van der Waals surface area (Å²) in [4.78, 5) is 13.3. The van der Waals surface area contributed by atoms with Crippen LogP contribution in [0.5, 0.6) is 0 Å². The first kappa shape index (κ1) is 12.1. The van der Waals surface area contributed by atoms with E-state index in [0.717, 1.165) is 25.3 Å². The molecule has 1 aliphatic rings. The number of nitrogens with zero attached hydrogens (tertiary/aromatic N) is 3. The highest BCUT2D eigenvalue weighted by molar-refractivity contribution is 5.88.